The summed E-state index contributed by atoms with van der Waals surface area (Å²) in [6.45, 7) is -0.216. The number of methoxy groups -OCH3 is 2. The van der Waals surface area contributed by atoms with Gasteiger partial charge in [-0.3, -0.25) is 4.79 Å². The molecule has 0 aliphatic carbocycles. The van der Waals surface area contributed by atoms with Crippen LogP contribution in [0.4, 0.5) is 26.3 Å². The molecular weight excluding hydrogens is 590 g/mol. The van der Waals surface area contributed by atoms with Crippen LogP contribution in [-0.4, -0.2) is 32.3 Å². The Hall–Kier alpha value is -3.77. The number of fused-ring (bicyclic) bond motifs is 2. The third-order valence-electron chi connectivity index (χ3n) is 8.40. The Bertz CT molecular complexity index is 1450. The summed E-state index contributed by atoms with van der Waals surface area (Å²) in [6, 6.07) is 15.9. The number of rotatable bonds is 9. The molecule has 2 bridgehead atoms. The quantitative estimate of drug-likeness (QED) is 0.263. The predicted octanol–water partition coefficient (Wildman–Crippen LogP) is 6.61. The molecule has 2 aliphatic heterocycles. The second-order valence-corrected chi connectivity index (χ2v) is 11.1. The fourth-order valence-corrected chi connectivity index (χ4v) is 6.29. The molecule has 12 heteroatoms. The minimum Gasteiger partial charge on any atom is -0.493 e. The molecule has 3 aromatic rings. The number of benzene rings is 3. The molecule has 3 aromatic carbocycles. The Morgan fingerprint density at radius 3 is 2.14 bits per heavy atom. The van der Waals surface area contributed by atoms with Crippen LogP contribution in [0.2, 0.25) is 0 Å². The summed E-state index contributed by atoms with van der Waals surface area (Å²) in [7, 11) is 3.05. The normalized spacial score (nSPS) is 23.3. The molecule has 4 atom stereocenters. The molecule has 0 saturated carbocycles. The monoisotopic (exact) mass is 622 g/mol. The fraction of sp³-hybridized carbons (Fsp3) is 0.406. The van der Waals surface area contributed by atoms with Gasteiger partial charge in [0.1, 0.15) is 0 Å². The first-order chi connectivity index (χ1) is 20.8. The number of alkyl halides is 6. The highest BCUT2D eigenvalue weighted by Crippen LogP contribution is 2.48. The first-order valence-corrected chi connectivity index (χ1v) is 14.1. The zero-order chi connectivity index (χ0) is 31.7. The minimum absolute atomic E-state index is 0.101. The van der Waals surface area contributed by atoms with Gasteiger partial charge in [-0.15, -0.1) is 0 Å². The van der Waals surface area contributed by atoms with Crippen molar-refractivity contribution in [2.45, 2.75) is 62.5 Å². The van der Waals surface area contributed by atoms with E-state index in [-0.39, 0.29) is 30.1 Å². The van der Waals surface area contributed by atoms with E-state index in [1.165, 1.54) is 14.2 Å². The number of nitrogens with one attached hydrogen (secondary N) is 2. The van der Waals surface area contributed by atoms with Crippen LogP contribution in [0.25, 0.3) is 0 Å². The topological polar surface area (TPSA) is 68.8 Å². The largest absolute Gasteiger partial charge is 0.493 e. The zero-order valence-corrected chi connectivity index (χ0v) is 24.0. The molecule has 2 fully saturated rings. The molecule has 2 N–H and O–H groups in total. The number of hydrogen-bond donors (Lipinski definition) is 2. The molecule has 44 heavy (non-hydrogen) atoms. The summed E-state index contributed by atoms with van der Waals surface area (Å²) >= 11 is 0. The highest BCUT2D eigenvalue weighted by atomic mass is 19.4. The van der Waals surface area contributed by atoms with Crippen LogP contribution in [0.1, 0.15) is 47.1 Å². The van der Waals surface area contributed by atoms with Gasteiger partial charge in [0.25, 0.3) is 0 Å². The van der Waals surface area contributed by atoms with Crippen LogP contribution >= 0.6 is 0 Å². The third kappa shape index (κ3) is 6.51. The lowest BCUT2D eigenvalue weighted by Crippen LogP contribution is -2.54. The molecular formula is C32H32F6N2O4. The average Bonchev–Trinajstić information content (AvgIpc) is 3.32. The van der Waals surface area contributed by atoms with Crippen LogP contribution < -0.4 is 20.1 Å². The zero-order valence-electron chi connectivity index (χ0n) is 24.0. The number of amides is 1. The van der Waals surface area contributed by atoms with Crippen LogP contribution in [-0.2, 0) is 40.6 Å². The maximum Gasteiger partial charge on any atom is 0.416 e. The summed E-state index contributed by atoms with van der Waals surface area (Å²) in [5.41, 5.74) is -2.26. The van der Waals surface area contributed by atoms with Gasteiger partial charge in [0, 0.05) is 12.6 Å². The highest BCUT2D eigenvalue weighted by Gasteiger charge is 2.56. The van der Waals surface area contributed by atoms with E-state index < -0.39 is 47.6 Å². The van der Waals surface area contributed by atoms with E-state index >= 15 is 0 Å². The first-order valence-electron chi connectivity index (χ1n) is 14.1. The van der Waals surface area contributed by atoms with Gasteiger partial charge < -0.3 is 24.8 Å². The molecule has 5 rings (SSSR count). The molecule has 2 aliphatic rings. The fourth-order valence-electron chi connectivity index (χ4n) is 6.29. The van der Waals surface area contributed by atoms with Crippen molar-refractivity contribution in [2.24, 2.45) is 5.92 Å². The van der Waals surface area contributed by atoms with Crippen molar-refractivity contribution < 1.29 is 45.3 Å². The smallest absolute Gasteiger partial charge is 0.416 e. The molecule has 6 nitrogen and oxygen atoms in total. The van der Waals surface area contributed by atoms with Crippen LogP contribution in [0.5, 0.6) is 11.5 Å². The molecule has 0 spiro atoms. The Morgan fingerprint density at radius 1 is 0.864 bits per heavy atom. The second kappa shape index (κ2) is 12.3. The Morgan fingerprint density at radius 2 is 1.52 bits per heavy atom. The maximum atomic E-state index is 13.5. The van der Waals surface area contributed by atoms with Gasteiger partial charge >= 0.3 is 12.4 Å². The first kappa shape index (κ1) is 31.6. The number of ether oxygens (including phenoxy) is 3. The minimum atomic E-state index is -4.95. The van der Waals surface area contributed by atoms with Gasteiger partial charge in [-0.1, -0.05) is 36.4 Å². The average molecular weight is 623 g/mol. The van der Waals surface area contributed by atoms with Crippen molar-refractivity contribution in [2.75, 3.05) is 14.2 Å². The highest BCUT2D eigenvalue weighted by molar-refractivity contribution is 5.80. The summed E-state index contributed by atoms with van der Waals surface area (Å²) in [5, 5.41) is 6.55. The lowest BCUT2D eigenvalue weighted by Gasteiger charge is -2.42. The van der Waals surface area contributed by atoms with E-state index in [0.29, 0.717) is 42.9 Å². The molecule has 2 saturated heterocycles. The molecule has 2 heterocycles. The van der Waals surface area contributed by atoms with Crippen molar-refractivity contribution in [3.63, 3.8) is 0 Å². The van der Waals surface area contributed by atoms with E-state index in [4.69, 9.17) is 14.2 Å². The molecule has 0 aromatic heterocycles. The number of carbonyl (C=O) groups excluding carboxylic acids is 1. The van der Waals surface area contributed by atoms with Crippen LogP contribution in [0, 0.1) is 5.92 Å². The van der Waals surface area contributed by atoms with E-state index in [0.717, 1.165) is 11.1 Å². The number of carbonyl (C=O) groups is 1. The van der Waals surface area contributed by atoms with Gasteiger partial charge in [-0.2, -0.15) is 26.3 Å². The van der Waals surface area contributed by atoms with E-state index in [1.807, 2.05) is 36.4 Å². The van der Waals surface area contributed by atoms with Crippen molar-refractivity contribution in [1.29, 1.82) is 0 Å². The Kier molecular flexibility index (Phi) is 8.86. The maximum absolute atomic E-state index is 13.5. The summed E-state index contributed by atoms with van der Waals surface area (Å²) in [4.78, 5) is 13.5. The summed E-state index contributed by atoms with van der Waals surface area (Å²) < 4.78 is 97.3. The SMILES string of the molecule is COc1ccc(CNC(=O)C2CC3(c4ccccc4)NC2CCC3OCc2cc(C(F)(F)F)cc(C(F)(F)F)c2)cc1OC. The number of piperidine rings is 1. The van der Waals surface area contributed by atoms with Gasteiger partial charge in [0.15, 0.2) is 11.5 Å². The summed E-state index contributed by atoms with van der Waals surface area (Å²) in [6.07, 6.45) is -9.20. The van der Waals surface area contributed by atoms with Crippen molar-refractivity contribution >= 4 is 5.91 Å². The van der Waals surface area contributed by atoms with Crippen molar-refractivity contribution in [3.05, 3.63) is 94.5 Å². The lowest BCUT2D eigenvalue weighted by atomic mass is 9.80. The molecule has 4 unspecified atom stereocenters. The van der Waals surface area contributed by atoms with E-state index in [1.54, 1.807) is 12.1 Å². The second-order valence-electron chi connectivity index (χ2n) is 11.1. The number of hydrogen-bond acceptors (Lipinski definition) is 5. The van der Waals surface area contributed by atoms with Crippen molar-refractivity contribution in [1.82, 2.24) is 10.6 Å². The van der Waals surface area contributed by atoms with Gasteiger partial charge in [0.2, 0.25) is 5.91 Å². The van der Waals surface area contributed by atoms with Gasteiger partial charge in [0.05, 0.1) is 49.5 Å². The standard InChI is InChI=1S/C32H32F6N2O4/c1-42-26-10-8-19(14-27(26)43-2)17-39-29(41)24-16-30(21-6-4-3-5-7-21)28(11-9-25(24)40-30)44-18-20-12-22(31(33,34)35)15-23(13-20)32(36,37)38/h3-8,10,12-15,24-25,28,40H,9,11,16-18H2,1-2H3,(H,39,41). The van der Waals surface area contributed by atoms with Gasteiger partial charge in [-0.25, -0.2) is 0 Å². The number of halogens is 6. The van der Waals surface area contributed by atoms with Crippen LogP contribution in [0.3, 0.4) is 0 Å². The summed E-state index contributed by atoms with van der Waals surface area (Å²) in [5.74, 6) is 0.466. The predicted molar refractivity (Wildman–Crippen MR) is 149 cm³/mol. The molecule has 236 valence electrons. The van der Waals surface area contributed by atoms with E-state index in [2.05, 4.69) is 10.6 Å². The van der Waals surface area contributed by atoms with E-state index in [9.17, 15) is 31.1 Å². The Labute approximate surface area is 250 Å². The third-order valence-corrected chi connectivity index (χ3v) is 8.40. The molecule has 1 amide bonds. The molecule has 0 radical (unpaired) electrons. The van der Waals surface area contributed by atoms with Crippen LogP contribution in [0.15, 0.2) is 66.7 Å². The Balaban J connectivity index is 1.36. The lowest BCUT2D eigenvalue weighted by molar-refractivity contribution is -0.143. The van der Waals surface area contributed by atoms with Crippen molar-refractivity contribution in [3.8, 4) is 11.5 Å². The van der Waals surface area contributed by atoms with Gasteiger partial charge in [-0.05, 0) is 66.3 Å².